The number of aromatic nitrogens is 2. The summed E-state index contributed by atoms with van der Waals surface area (Å²) in [6.45, 7) is 4.77. The summed E-state index contributed by atoms with van der Waals surface area (Å²) in [4.78, 5) is 14.5. The monoisotopic (exact) mass is 307 g/mol. The van der Waals surface area contributed by atoms with Gasteiger partial charge in [-0.2, -0.15) is 5.10 Å². The van der Waals surface area contributed by atoms with Crippen molar-refractivity contribution in [1.29, 1.82) is 0 Å². The molecule has 1 atom stereocenters. The van der Waals surface area contributed by atoms with E-state index in [2.05, 4.69) is 5.10 Å². The Kier molecular flexibility index (Phi) is 3.53. The quantitative estimate of drug-likeness (QED) is 0.855. The highest BCUT2D eigenvalue weighted by Gasteiger charge is 2.35. The van der Waals surface area contributed by atoms with Gasteiger partial charge in [-0.25, -0.2) is 0 Å². The third kappa shape index (κ3) is 2.35. The molecule has 0 aromatic carbocycles. The van der Waals surface area contributed by atoms with Gasteiger partial charge in [-0.05, 0) is 50.4 Å². The fraction of sp³-hybridized carbons (Fsp3) is 0.467. The molecule has 0 aliphatic carbocycles. The standard InChI is InChI=1S/C15H18ClN3O2/c1-9-14(10(2)18(3)17-9)11-5-4-8-19(11)15(20)12-6-7-13(16)21-12/h6-7,11H,4-5,8H2,1-3H3/t11-/m1/s1. The molecule has 1 aliphatic heterocycles. The Labute approximate surface area is 128 Å². The van der Waals surface area contributed by atoms with E-state index in [1.807, 2.05) is 30.5 Å². The topological polar surface area (TPSA) is 51.3 Å². The molecule has 0 N–H and O–H groups in total. The van der Waals surface area contributed by atoms with Crippen molar-refractivity contribution in [3.63, 3.8) is 0 Å². The van der Waals surface area contributed by atoms with E-state index < -0.39 is 0 Å². The third-order valence-electron chi connectivity index (χ3n) is 4.20. The number of hydrogen-bond donors (Lipinski definition) is 0. The number of aryl methyl sites for hydroxylation is 2. The first-order chi connectivity index (χ1) is 9.99. The molecule has 2 aromatic rings. The largest absolute Gasteiger partial charge is 0.440 e. The number of furan rings is 1. The molecule has 6 heteroatoms. The molecule has 112 valence electrons. The average Bonchev–Trinajstić information content (AvgIpc) is 3.11. The van der Waals surface area contributed by atoms with Gasteiger partial charge >= 0.3 is 0 Å². The second kappa shape index (κ2) is 5.22. The van der Waals surface area contributed by atoms with Gasteiger partial charge < -0.3 is 9.32 Å². The molecule has 1 amide bonds. The van der Waals surface area contributed by atoms with E-state index in [1.165, 1.54) is 0 Å². The van der Waals surface area contributed by atoms with Crippen molar-refractivity contribution >= 4 is 17.5 Å². The van der Waals surface area contributed by atoms with Crippen LogP contribution in [0.2, 0.25) is 5.22 Å². The van der Waals surface area contributed by atoms with Crippen LogP contribution < -0.4 is 0 Å². The normalized spacial score (nSPS) is 18.5. The van der Waals surface area contributed by atoms with Crippen LogP contribution in [0.5, 0.6) is 0 Å². The second-order valence-electron chi connectivity index (χ2n) is 5.47. The van der Waals surface area contributed by atoms with Gasteiger partial charge in [0.15, 0.2) is 11.0 Å². The minimum atomic E-state index is -0.105. The van der Waals surface area contributed by atoms with Crippen LogP contribution in [0.4, 0.5) is 0 Å². The Morgan fingerprint density at radius 3 is 2.76 bits per heavy atom. The number of likely N-dealkylation sites (tertiary alicyclic amines) is 1. The molecule has 0 bridgehead atoms. The maximum atomic E-state index is 12.6. The van der Waals surface area contributed by atoms with E-state index in [4.69, 9.17) is 16.0 Å². The molecule has 3 rings (SSSR count). The van der Waals surface area contributed by atoms with Gasteiger partial charge in [-0.1, -0.05) is 0 Å². The Morgan fingerprint density at radius 2 is 2.19 bits per heavy atom. The number of nitrogens with zero attached hydrogens (tertiary/aromatic N) is 3. The summed E-state index contributed by atoms with van der Waals surface area (Å²) in [5.41, 5.74) is 3.24. The molecular formula is C15H18ClN3O2. The minimum absolute atomic E-state index is 0.0649. The SMILES string of the molecule is Cc1nn(C)c(C)c1[C@H]1CCCN1C(=O)c1ccc(Cl)o1. The van der Waals surface area contributed by atoms with E-state index in [-0.39, 0.29) is 17.2 Å². The maximum absolute atomic E-state index is 12.6. The van der Waals surface area contributed by atoms with E-state index in [0.717, 1.165) is 36.3 Å². The summed E-state index contributed by atoms with van der Waals surface area (Å²) in [5, 5.41) is 4.70. The molecule has 0 saturated carbocycles. The molecular weight excluding hydrogens is 290 g/mol. The molecule has 1 aliphatic rings. The molecule has 0 unspecified atom stereocenters. The Bertz CT molecular complexity index is 689. The number of halogens is 1. The van der Waals surface area contributed by atoms with Crippen LogP contribution in [-0.2, 0) is 7.05 Å². The lowest BCUT2D eigenvalue weighted by Crippen LogP contribution is -2.30. The number of hydrogen-bond acceptors (Lipinski definition) is 3. The minimum Gasteiger partial charge on any atom is -0.440 e. The predicted molar refractivity (Wildman–Crippen MR) is 79.4 cm³/mol. The van der Waals surface area contributed by atoms with E-state index in [1.54, 1.807) is 12.1 Å². The van der Waals surface area contributed by atoms with Crippen molar-refractivity contribution in [2.24, 2.45) is 7.05 Å². The average molecular weight is 308 g/mol. The van der Waals surface area contributed by atoms with Crippen LogP contribution in [-0.4, -0.2) is 27.1 Å². The zero-order valence-corrected chi connectivity index (χ0v) is 13.1. The smallest absolute Gasteiger partial charge is 0.290 e. The van der Waals surface area contributed by atoms with Crippen LogP contribution in [0.25, 0.3) is 0 Å². The lowest BCUT2D eigenvalue weighted by Gasteiger charge is -2.24. The molecule has 0 radical (unpaired) electrons. The van der Waals surface area contributed by atoms with Gasteiger partial charge in [0.25, 0.3) is 5.91 Å². The summed E-state index contributed by atoms with van der Waals surface area (Å²) < 4.78 is 7.13. The highest BCUT2D eigenvalue weighted by molar-refractivity contribution is 6.29. The highest BCUT2D eigenvalue weighted by Crippen LogP contribution is 2.36. The Morgan fingerprint density at radius 1 is 1.43 bits per heavy atom. The van der Waals surface area contributed by atoms with Crippen LogP contribution in [0, 0.1) is 13.8 Å². The van der Waals surface area contributed by atoms with Gasteiger partial charge in [0.1, 0.15) is 0 Å². The molecule has 1 fully saturated rings. The zero-order valence-electron chi connectivity index (χ0n) is 12.4. The van der Waals surface area contributed by atoms with Crippen LogP contribution in [0.15, 0.2) is 16.5 Å². The van der Waals surface area contributed by atoms with E-state index in [0.29, 0.717) is 5.76 Å². The van der Waals surface area contributed by atoms with Crippen molar-refractivity contribution in [2.75, 3.05) is 6.54 Å². The predicted octanol–water partition coefficient (Wildman–Crippen LogP) is 3.26. The molecule has 5 nitrogen and oxygen atoms in total. The summed E-state index contributed by atoms with van der Waals surface area (Å²) in [6.07, 6.45) is 1.94. The lowest BCUT2D eigenvalue weighted by atomic mass is 10.0. The molecule has 21 heavy (non-hydrogen) atoms. The zero-order chi connectivity index (χ0) is 15.1. The van der Waals surface area contributed by atoms with Gasteiger partial charge in [0.05, 0.1) is 11.7 Å². The summed E-state index contributed by atoms with van der Waals surface area (Å²) in [7, 11) is 1.93. The van der Waals surface area contributed by atoms with E-state index in [9.17, 15) is 4.79 Å². The van der Waals surface area contributed by atoms with E-state index >= 15 is 0 Å². The van der Waals surface area contributed by atoms with Crippen molar-refractivity contribution in [2.45, 2.75) is 32.7 Å². The number of amides is 1. The number of rotatable bonds is 2. The first kappa shape index (κ1) is 14.2. The van der Waals surface area contributed by atoms with Gasteiger partial charge in [0, 0.05) is 24.8 Å². The second-order valence-corrected chi connectivity index (χ2v) is 5.84. The highest BCUT2D eigenvalue weighted by atomic mass is 35.5. The van der Waals surface area contributed by atoms with Crippen molar-refractivity contribution in [3.8, 4) is 0 Å². The summed E-state index contributed by atoms with van der Waals surface area (Å²) in [5.74, 6) is 0.193. The summed E-state index contributed by atoms with van der Waals surface area (Å²) >= 11 is 5.77. The number of carbonyl (C=O) groups excluding carboxylic acids is 1. The molecule has 0 spiro atoms. The van der Waals surface area contributed by atoms with Crippen molar-refractivity contribution in [1.82, 2.24) is 14.7 Å². The van der Waals surface area contributed by atoms with Crippen LogP contribution in [0.3, 0.4) is 0 Å². The number of carbonyl (C=O) groups is 1. The Hall–Kier alpha value is -1.75. The molecule has 2 aromatic heterocycles. The first-order valence-corrected chi connectivity index (χ1v) is 7.43. The fourth-order valence-corrected chi connectivity index (χ4v) is 3.30. The van der Waals surface area contributed by atoms with Gasteiger partial charge in [-0.15, -0.1) is 0 Å². The molecule has 1 saturated heterocycles. The molecule has 3 heterocycles. The van der Waals surface area contributed by atoms with Crippen LogP contribution >= 0.6 is 11.6 Å². The first-order valence-electron chi connectivity index (χ1n) is 7.05. The summed E-state index contributed by atoms with van der Waals surface area (Å²) in [6, 6.07) is 3.29. The van der Waals surface area contributed by atoms with Crippen LogP contribution in [0.1, 0.15) is 46.4 Å². The van der Waals surface area contributed by atoms with Crippen molar-refractivity contribution < 1.29 is 9.21 Å². The van der Waals surface area contributed by atoms with Gasteiger partial charge in [-0.3, -0.25) is 9.48 Å². The lowest BCUT2D eigenvalue weighted by molar-refractivity contribution is 0.0702. The van der Waals surface area contributed by atoms with Gasteiger partial charge in [0.2, 0.25) is 0 Å². The third-order valence-corrected chi connectivity index (χ3v) is 4.40. The fourth-order valence-electron chi connectivity index (χ4n) is 3.15. The maximum Gasteiger partial charge on any atom is 0.290 e. The van der Waals surface area contributed by atoms with Crippen molar-refractivity contribution in [3.05, 3.63) is 40.1 Å². The Balaban J connectivity index is 1.94.